The molecule has 1 aromatic heterocycles. The second kappa shape index (κ2) is 9.28. The Morgan fingerprint density at radius 1 is 1.23 bits per heavy atom. The van der Waals surface area contributed by atoms with E-state index in [1.165, 1.54) is 33.3 Å². The molecule has 2 heterocycles. The molecule has 2 aromatic rings. The Hall–Kier alpha value is -3.89. The van der Waals surface area contributed by atoms with Crippen LogP contribution in [0.2, 0.25) is 0 Å². The van der Waals surface area contributed by atoms with Crippen molar-refractivity contribution >= 4 is 11.4 Å². The van der Waals surface area contributed by atoms with Crippen molar-refractivity contribution in [2.45, 2.75) is 32.4 Å². The molecule has 10 heteroatoms. The molecule has 10 nitrogen and oxygen atoms in total. The molecule has 0 radical (unpaired) electrons. The van der Waals surface area contributed by atoms with E-state index in [-0.39, 0.29) is 40.7 Å². The quantitative estimate of drug-likeness (QED) is 0.703. The molecule has 31 heavy (non-hydrogen) atoms. The lowest BCUT2D eigenvalue weighted by Crippen LogP contribution is -2.27. The Morgan fingerprint density at radius 3 is 2.52 bits per heavy atom. The molecule has 1 N–H and O–H groups in total. The third-order valence-electron chi connectivity index (χ3n) is 5.06. The smallest absolute Gasteiger partial charge is 0.281 e. The van der Waals surface area contributed by atoms with Gasteiger partial charge in [-0.3, -0.25) is 9.36 Å². The van der Waals surface area contributed by atoms with Crippen molar-refractivity contribution in [3.8, 4) is 29.5 Å². The fourth-order valence-corrected chi connectivity index (χ4v) is 3.36. The summed E-state index contributed by atoms with van der Waals surface area (Å²) in [6, 6.07) is 6.82. The summed E-state index contributed by atoms with van der Waals surface area (Å²) in [6.45, 7) is 2.19. The van der Waals surface area contributed by atoms with Crippen LogP contribution in [0.15, 0.2) is 27.2 Å². The molecule has 0 aliphatic carbocycles. The van der Waals surface area contributed by atoms with Gasteiger partial charge in [-0.05, 0) is 19.8 Å². The van der Waals surface area contributed by atoms with Crippen molar-refractivity contribution in [2.75, 3.05) is 20.8 Å². The van der Waals surface area contributed by atoms with Gasteiger partial charge in [0.05, 0.1) is 32.4 Å². The Bertz CT molecular complexity index is 1170. The molecule has 160 valence electrons. The average Bonchev–Trinajstić information content (AvgIpc) is 3.29. The Kier molecular flexibility index (Phi) is 6.53. The molecule has 1 fully saturated rings. The standard InChI is InChI=1S/C21H21N5O5/c1-12-15(10-23)20(27)26(11-14-5-4-6-31-14)21(28)19(12)25-24-16-8-18(30-3)17(29-2)7-13(16)9-22/h7-8,14,27H,4-6,11H2,1-3H3. The molecular formula is C21H21N5O5. The molecule has 1 unspecified atom stereocenters. The topological polar surface area (TPSA) is 142 Å². The summed E-state index contributed by atoms with van der Waals surface area (Å²) in [7, 11) is 2.89. The van der Waals surface area contributed by atoms with Gasteiger partial charge in [-0.25, -0.2) is 0 Å². The minimum Gasteiger partial charge on any atom is -0.493 e. The molecule has 1 atom stereocenters. The van der Waals surface area contributed by atoms with Gasteiger partial charge in [-0.2, -0.15) is 10.5 Å². The molecule has 3 rings (SSSR count). The van der Waals surface area contributed by atoms with Crippen LogP contribution in [0.25, 0.3) is 0 Å². The number of pyridine rings is 1. The zero-order chi connectivity index (χ0) is 22.5. The Labute approximate surface area is 178 Å². The zero-order valence-corrected chi connectivity index (χ0v) is 17.4. The van der Waals surface area contributed by atoms with Gasteiger partial charge in [0.1, 0.15) is 23.4 Å². The fourth-order valence-electron chi connectivity index (χ4n) is 3.36. The number of benzene rings is 1. The molecule has 1 aliphatic heterocycles. The van der Waals surface area contributed by atoms with Gasteiger partial charge in [0.2, 0.25) is 5.88 Å². The van der Waals surface area contributed by atoms with Gasteiger partial charge in [0, 0.05) is 24.3 Å². The van der Waals surface area contributed by atoms with Crippen LogP contribution in [-0.4, -0.2) is 36.6 Å². The number of hydrogen-bond donors (Lipinski definition) is 1. The molecule has 0 saturated carbocycles. The van der Waals surface area contributed by atoms with Gasteiger partial charge >= 0.3 is 0 Å². The van der Waals surface area contributed by atoms with Crippen molar-refractivity contribution in [2.24, 2.45) is 10.2 Å². The minimum absolute atomic E-state index is 0.0700. The first kappa shape index (κ1) is 21.8. The monoisotopic (exact) mass is 423 g/mol. The number of ether oxygens (including phenoxy) is 3. The molecule has 1 aromatic carbocycles. The van der Waals surface area contributed by atoms with Crippen molar-refractivity contribution in [1.29, 1.82) is 10.5 Å². The fraction of sp³-hybridized carbons (Fsp3) is 0.381. The van der Waals surface area contributed by atoms with E-state index in [4.69, 9.17) is 14.2 Å². The number of hydrogen-bond acceptors (Lipinski definition) is 9. The minimum atomic E-state index is -0.604. The van der Waals surface area contributed by atoms with Crippen LogP contribution in [0.1, 0.15) is 29.5 Å². The van der Waals surface area contributed by atoms with Gasteiger partial charge in [0.25, 0.3) is 5.56 Å². The van der Waals surface area contributed by atoms with E-state index in [0.29, 0.717) is 18.1 Å². The third kappa shape index (κ3) is 4.20. The third-order valence-corrected chi connectivity index (χ3v) is 5.06. The maximum absolute atomic E-state index is 13.0. The van der Waals surface area contributed by atoms with Crippen molar-refractivity contribution < 1.29 is 19.3 Å². The highest BCUT2D eigenvalue weighted by molar-refractivity contribution is 5.62. The SMILES string of the molecule is COc1cc(C#N)c(N=Nc2c(C)c(C#N)c(O)n(CC3CCCO3)c2=O)cc1OC. The summed E-state index contributed by atoms with van der Waals surface area (Å²) in [5.74, 6) is 0.263. The van der Waals surface area contributed by atoms with E-state index in [1.807, 2.05) is 12.1 Å². The van der Waals surface area contributed by atoms with E-state index >= 15 is 0 Å². The second-order valence-corrected chi connectivity index (χ2v) is 6.87. The Morgan fingerprint density at radius 2 is 1.94 bits per heavy atom. The molecule has 1 aliphatic rings. The number of aromatic hydroxyl groups is 1. The number of rotatable bonds is 6. The first-order valence-corrected chi connectivity index (χ1v) is 9.51. The number of nitrogens with zero attached hydrogens (tertiary/aromatic N) is 5. The van der Waals surface area contributed by atoms with E-state index in [9.17, 15) is 20.4 Å². The van der Waals surface area contributed by atoms with Crippen LogP contribution in [0, 0.1) is 29.6 Å². The zero-order valence-electron chi connectivity index (χ0n) is 17.4. The molecule has 1 saturated heterocycles. The number of methoxy groups -OCH3 is 2. The van der Waals surface area contributed by atoms with Gasteiger partial charge in [-0.1, -0.05) is 0 Å². The van der Waals surface area contributed by atoms with Crippen LogP contribution >= 0.6 is 0 Å². The van der Waals surface area contributed by atoms with Crippen molar-refractivity contribution in [3.63, 3.8) is 0 Å². The lowest BCUT2D eigenvalue weighted by molar-refractivity contribution is 0.0939. The molecule has 0 amide bonds. The summed E-state index contributed by atoms with van der Waals surface area (Å²) >= 11 is 0. The highest BCUT2D eigenvalue weighted by atomic mass is 16.5. The molecule has 0 spiro atoms. The first-order chi connectivity index (χ1) is 14.9. The maximum atomic E-state index is 13.0. The summed E-state index contributed by atoms with van der Waals surface area (Å²) in [4.78, 5) is 13.0. The number of nitriles is 2. The first-order valence-electron chi connectivity index (χ1n) is 9.51. The van der Waals surface area contributed by atoms with Crippen LogP contribution in [0.4, 0.5) is 11.4 Å². The van der Waals surface area contributed by atoms with E-state index in [1.54, 1.807) is 0 Å². The lowest BCUT2D eigenvalue weighted by atomic mass is 10.1. The Balaban J connectivity index is 2.11. The van der Waals surface area contributed by atoms with Crippen LogP contribution in [0.3, 0.4) is 0 Å². The average molecular weight is 423 g/mol. The molecular weight excluding hydrogens is 402 g/mol. The van der Waals surface area contributed by atoms with E-state index in [0.717, 1.165) is 17.4 Å². The van der Waals surface area contributed by atoms with Crippen LogP contribution in [0.5, 0.6) is 17.4 Å². The summed E-state index contributed by atoms with van der Waals surface area (Å²) < 4.78 is 17.0. The van der Waals surface area contributed by atoms with Crippen LogP contribution < -0.4 is 15.0 Å². The van der Waals surface area contributed by atoms with Gasteiger partial charge < -0.3 is 19.3 Å². The second-order valence-electron chi connectivity index (χ2n) is 6.87. The van der Waals surface area contributed by atoms with Crippen molar-refractivity contribution in [1.82, 2.24) is 4.57 Å². The number of aromatic nitrogens is 1. The predicted molar refractivity (Wildman–Crippen MR) is 109 cm³/mol. The number of azo groups is 1. The normalized spacial score (nSPS) is 15.6. The van der Waals surface area contributed by atoms with Gasteiger partial charge in [-0.15, -0.1) is 10.2 Å². The van der Waals surface area contributed by atoms with Crippen molar-refractivity contribution in [3.05, 3.63) is 39.2 Å². The summed E-state index contributed by atoms with van der Waals surface area (Å²) in [5, 5.41) is 37.5. The van der Waals surface area contributed by atoms with Crippen LogP contribution in [-0.2, 0) is 11.3 Å². The predicted octanol–water partition coefficient (Wildman–Crippen LogP) is 3.22. The van der Waals surface area contributed by atoms with Gasteiger partial charge in [0.15, 0.2) is 17.2 Å². The largest absolute Gasteiger partial charge is 0.493 e. The van der Waals surface area contributed by atoms with E-state index in [2.05, 4.69) is 10.2 Å². The lowest BCUT2D eigenvalue weighted by Gasteiger charge is -2.16. The summed E-state index contributed by atoms with van der Waals surface area (Å²) in [5.41, 5.74) is -0.261. The highest BCUT2D eigenvalue weighted by Gasteiger charge is 2.24. The maximum Gasteiger partial charge on any atom is 0.281 e. The summed E-state index contributed by atoms with van der Waals surface area (Å²) in [6.07, 6.45) is 1.37. The molecule has 0 bridgehead atoms. The van der Waals surface area contributed by atoms with E-state index < -0.39 is 11.4 Å². The highest BCUT2D eigenvalue weighted by Crippen LogP contribution is 2.35.